The first-order chi connectivity index (χ1) is 9.12. The van der Waals surface area contributed by atoms with E-state index in [1.807, 2.05) is 0 Å². The van der Waals surface area contributed by atoms with Crippen LogP contribution in [0, 0.1) is 22.9 Å². The van der Waals surface area contributed by atoms with Gasteiger partial charge in [-0.2, -0.15) is 8.70 Å². The number of halogens is 1. The van der Waals surface area contributed by atoms with Crippen molar-refractivity contribution in [1.82, 2.24) is 4.31 Å². The Hall–Kier alpha value is -1.58. The summed E-state index contributed by atoms with van der Waals surface area (Å²) in [7, 11) is -2.81. The summed E-state index contributed by atoms with van der Waals surface area (Å²) >= 11 is 0. The van der Waals surface area contributed by atoms with Crippen LogP contribution in [0.3, 0.4) is 0 Å². The standard InChI is InChI=1S/C11H15FN2O5S/c1-7-4-9(5-10(11(7)12)14(16)17)20(18,19)13(3)8(2)6-15/h4-5,8,15H,6H2,1-3H3. The molecule has 0 heterocycles. The lowest BCUT2D eigenvalue weighted by Crippen LogP contribution is -2.37. The van der Waals surface area contributed by atoms with Gasteiger partial charge in [0.15, 0.2) is 0 Å². The van der Waals surface area contributed by atoms with Crippen molar-refractivity contribution in [1.29, 1.82) is 0 Å². The van der Waals surface area contributed by atoms with Crippen LogP contribution in [-0.4, -0.2) is 42.4 Å². The Morgan fingerprint density at radius 2 is 2.05 bits per heavy atom. The number of likely N-dealkylation sites (N-methyl/N-ethyl adjacent to an activating group) is 1. The minimum atomic E-state index is -4.04. The van der Waals surface area contributed by atoms with E-state index in [0.717, 1.165) is 10.4 Å². The van der Waals surface area contributed by atoms with Crippen LogP contribution in [0.4, 0.5) is 10.1 Å². The Kier molecular flexibility index (Phi) is 4.79. The number of sulfonamides is 1. The third-order valence-electron chi connectivity index (χ3n) is 2.97. The van der Waals surface area contributed by atoms with Crippen LogP contribution < -0.4 is 0 Å². The largest absolute Gasteiger partial charge is 0.395 e. The fourth-order valence-corrected chi connectivity index (χ4v) is 2.98. The highest BCUT2D eigenvalue weighted by Crippen LogP contribution is 2.27. The lowest BCUT2D eigenvalue weighted by molar-refractivity contribution is -0.387. The van der Waals surface area contributed by atoms with E-state index in [1.54, 1.807) is 0 Å². The van der Waals surface area contributed by atoms with E-state index in [0.29, 0.717) is 6.07 Å². The van der Waals surface area contributed by atoms with Gasteiger partial charge >= 0.3 is 5.69 Å². The molecule has 0 amide bonds. The summed E-state index contributed by atoms with van der Waals surface area (Å²) in [6, 6.07) is 1.00. The molecule has 0 saturated heterocycles. The molecule has 0 radical (unpaired) electrons. The number of aliphatic hydroxyl groups is 1. The van der Waals surface area contributed by atoms with E-state index in [4.69, 9.17) is 5.11 Å². The second kappa shape index (κ2) is 5.81. The molecule has 0 saturated carbocycles. The van der Waals surface area contributed by atoms with Gasteiger partial charge in [-0.15, -0.1) is 0 Å². The zero-order valence-electron chi connectivity index (χ0n) is 11.2. The van der Waals surface area contributed by atoms with Crippen molar-refractivity contribution in [3.05, 3.63) is 33.6 Å². The van der Waals surface area contributed by atoms with Gasteiger partial charge in [-0.05, 0) is 25.5 Å². The second-order valence-corrected chi connectivity index (χ2v) is 6.38. The Bertz CT molecular complexity index is 632. The number of nitrogens with zero attached hydrogens (tertiary/aromatic N) is 2. The molecule has 1 atom stereocenters. The Labute approximate surface area is 115 Å². The van der Waals surface area contributed by atoms with Gasteiger partial charge < -0.3 is 5.11 Å². The predicted octanol–water partition coefficient (Wildman–Crippen LogP) is 1.04. The van der Waals surface area contributed by atoms with E-state index in [9.17, 15) is 22.9 Å². The zero-order chi connectivity index (χ0) is 15.7. The van der Waals surface area contributed by atoms with E-state index >= 15 is 0 Å². The van der Waals surface area contributed by atoms with Crippen LogP contribution in [0.5, 0.6) is 0 Å². The highest BCUT2D eigenvalue weighted by atomic mass is 32.2. The highest BCUT2D eigenvalue weighted by molar-refractivity contribution is 7.89. The molecule has 0 bridgehead atoms. The van der Waals surface area contributed by atoms with Crippen molar-refractivity contribution in [2.45, 2.75) is 24.8 Å². The average Bonchev–Trinajstić information content (AvgIpc) is 2.39. The molecule has 0 aliphatic rings. The van der Waals surface area contributed by atoms with Gasteiger partial charge in [0.1, 0.15) is 0 Å². The number of nitro benzene ring substituents is 1. The minimum absolute atomic E-state index is 0.136. The van der Waals surface area contributed by atoms with Gasteiger partial charge in [-0.25, -0.2) is 8.42 Å². The molecule has 0 spiro atoms. The van der Waals surface area contributed by atoms with E-state index < -0.39 is 39.1 Å². The zero-order valence-corrected chi connectivity index (χ0v) is 12.0. The molecule has 1 aromatic carbocycles. The molecule has 112 valence electrons. The summed E-state index contributed by atoms with van der Waals surface area (Å²) in [5.74, 6) is -1.06. The number of aryl methyl sites for hydroxylation is 1. The van der Waals surface area contributed by atoms with Gasteiger partial charge in [-0.1, -0.05) is 0 Å². The summed E-state index contributed by atoms with van der Waals surface area (Å²) in [6.45, 7) is 2.32. The fourth-order valence-electron chi connectivity index (χ4n) is 1.52. The second-order valence-electron chi connectivity index (χ2n) is 4.38. The van der Waals surface area contributed by atoms with E-state index in [-0.39, 0.29) is 10.5 Å². The molecule has 9 heteroatoms. The SMILES string of the molecule is Cc1cc(S(=O)(=O)N(C)C(C)CO)cc([N+](=O)[O-])c1F. The average molecular weight is 306 g/mol. The number of benzene rings is 1. The molecule has 7 nitrogen and oxygen atoms in total. The van der Waals surface area contributed by atoms with Crippen molar-refractivity contribution in [2.24, 2.45) is 0 Å². The van der Waals surface area contributed by atoms with Crippen LogP contribution in [-0.2, 0) is 10.0 Å². The molecule has 1 rings (SSSR count). The Morgan fingerprint density at radius 3 is 2.50 bits per heavy atom. The maximum absolute atomic E-state index is 13.6. The molecule has 1 unspecified atom stereocenters. The van der Waals surface area contributed by atoms with Crippen LogP contribution in [0.15, 0.2) is 17.0 Å². The van der Waals surface area contributed by atoms with Crippen molar-refractivity contribution < 1.29 is 22.8 Å². The molecule has 1 N–H and O–H groups in total. The smallest absolute Gasteiger partial charge is 0.306 e. The van der Waals surface area contributed by atoms with Gasteiger partial charge in [0.2, 0.25) is 15.8 Å². The maximum Gasteiger partial charge on any atom is 0.306 e. The monoisotopic (exact) mass is 306 g/mol. The van der Waals surface area contributed by atoms with Gasteiger partial charge in [-0.3, -0.25) is 10.1 Å². The number of rotatable bonds is 5. The number of nitro groups is 1. The third kappa shape index (κ3) is 2.94. The minimum Gasteiger partial charge on any atom is -0.395 e. The van der Waals surface area contributed by atoms with Gasteiger partial charge in [0, 0.05) is 19.2 Å². The summed E-state index contributed by atoms with van der Waals surface area (Å²) < 4.78 is 38.9. The van der Waals surface area contributed by atoms with E-state index in [1.165, 1.54) is 20.9 Å². The van der Waals surface area contributed by atoms with Crippen molar-refractivity contribution in [3.8, 4) is 0 Å². The molecule has 0 aromatic heterocycles. The quantitative estimate of drug-likeness (QED) is 0.647. The number of aliphatic hydroxyl groups excluding tert-OH is 1. The Morgan fingerprint density at radius 1 is 1.50 bits per heavy atom. The van der Waals surface area contributed by atoms with Crippen molar-refractivity contribution in [3.63, 3.8) is 0 Å². The van der Waals surface area contributed by atoms with Crippen LogP contribution >= 0.6 is 0 Å². The molecule has 0 fully saturated rings. The van der Waals surface area contributed by atoms with Gasteiger partial charge in [0.05, 0.1) is 16.4 Å². The molecule has 20 heavy (non-hydrogen) atoms. The van der Waals surface area contributed by atoms with Crippen LogP contribution in [0.25, 0.3) is 0 Å². The van der Waals surface area contributed by atoms with Gasteiger partial charge in [0.25, 0.3) is 0 Å². The van der Waals surface area contributed by atoms with Crippen molar-refractivity contribution >= 4 is 15.7 Å². The molecular weight excluding hydrogens is 291 g/mol. The number of hydrogen-bond acceptors (Lipinski definition) is 5. The summed E-state index contributed by atoms with van der Waals surface area (Å²) in [5.41, 5.74) is -1.03. The van der Waals surface area contributed by atoms with E-state index in [2.05, 4.69) is 0 Å². The fraction of sp³-hybridized carbons (Fsp3) is 0.455. The third-order valence-corrected chi connectivity index (χ3v) is 4.92. The maximum atomic E-state index is 13.6. The highest BCUT2D eigenvalue weighted by Gasteiger charge is 2.29. The lowest BCUT2D eigenvalue weighted by atomic mass is 10.2. The predicted molar refractivity (Wildman–Crippen MR) is 69.3 cm³/mol. The summed E-state index contributed by atoms with van der Waals surface area (Å²) in [6.07, 6.45) is 0. The molecule has 1 aromatic rings. The summed E-state index contributed by atoms with van der Waals surface area (Å²) in [5, 5.41) is 19.7. The lowest BCUT2D eigenvalue weighted by Gasteiger charge is -2.22. The van der Waals surface area contributed by atoms with Crippen LogP contribution in [0.2, 0.25) is 0 Å². The normalized spacial score (nSPS) is 13.5. The first kappa shape index (κ1) is 16.5. The Balaban J connectivity index is 3.44. The molecule has 0 aliphatic heterocycles. The summed E-state index contributed by atoms with van der Waals surface area (Å²) in [4.78, 5) is 9.37. The first-order valence-corrected chi connectivity index (χ1v) is 7.10. The van der Waals surface area contributed by atoms with Crippen molar-refractivity contribution in [2.75, 3.05) is 13.7 Å². The van der Waals surface area contributed by atoms with Crippen LogP contribution in [0.1, 0.15) is 12.5 Å². The molecule has 0 aliphatic carbocycles. The topological polar surface area (TPSA) is 101 Å². The number of hydrogen-bond donors (Lipinski definition) is 1. The first-order valence-electron chi connectivity index (χ1n) is 5.66. The molecular formula is C11H15FN2O5S.